The highest BCUT2D eigenvalue weighted by atomic mass is 19.3. The van der Waals surface area contributed by atoms with E-state index < -0.39 is 18.1 Å². The fourth-order valence-electron chi connectivity index (χ4n) is 1.38. The molecule has 1 aliphatic rings. The first-order chi connectivity index (χ1) is 7.73. The number of aliphatic hydroxyl groups is 1. The Balaban J connectivity index is 3.10. The van der Waals surface area contributed by atoms with Crippen LogP contribution >= 0.6 is 0 Å². The van der Waals surface area contributed by atoms with Crippen molar-refractivity contribution in [1.29, 1.82) is 0 Å². The maximum absolute atomic E-state index is 12.1. The third-order valence-electron chi connectivity index (χ3n) is 2.55. The lowest BCUT2D eigenvalue weighted by molar-refractivity contribution is -0.252. The number of carbonyl (C=O) groups is 1. The van der Waals surface area contributed by atoms with Crippen molar-refractivity contribution in [3.05, 3.63) is 23.8 Å². The molecule has 0 aromatic heterocycles. The molecule has 17 heavy (non-hydrogen) atoms. The van der Waals surface area contributed by atoms with Gasteiger partial charge in [-0.1, -0.05) is 0 Å². The number of aldehydes is 1. The van der Waals surface area contributed by atoms with Crippen molar-refractivity contribution < 1.29 is 23.4 Å². The molecule has 5 nitrogen and oxygen atoms in total. The molecule has 0 saturated heterocycles. The summed E-state index contributed by atoms with van der Waals surface area (Å²) in [5.74, 6) is -2.44. The minimum atomic E-state index is -3.21. The smallest absolute Gasteiger partial charge is 0.348 e. The first kappa shape index (κ1) is 13.9. The Morgan fingerprint density at radius 1 is 1.53 bits per heavy atom. The maximum Gasteiger partial charge on any atom is 0.348 e. The summed E-state index contributed by atoms with van der Waals surface area (Å²) in [6.07, 6.45) is 3.62. The zero-order chi connectivity index (χ0) is 13.3. The average molecular weight is 248 g/mol. The van der Waals surface area contributed by atoms with Crippen molar-refractivity contribution in [2.45, 2.75) is 18.1 Å². The molecule has 0 amide bonds. The molecule has 0 aliphatic heterocycles. The van der Waals surface area contributed by atoms with Crippen LogP contribution in [0.2, 0.25) is 0 Å². The summed E-state index contributed by atoms with van der Waals surface area (Å²) >= 11 is 0. The zero-order valence-corrected chi connectivity index (χ0v) is 9.43. The van der Waals surface area contributed by atoms with E-state index in [0.29, 0.717) is 0 Å². The Bertz CT molecular complexity index is 371. The number of alkyl halides is 2. The number of rotatable bonds is 4. The van der Waals surface area contributed by atoms with Gasteiger partial charge in [0, 0.05) is 0 Å². The standard InChI is InChI=1S/C10H14F2N2O3/c1-14(2)9(13)3-4-10(16,17-8(11)12)7(5-9)6-15/h3-6,8,16H,13H2,1-2H3. The summed E-state index contributed by atoms with van der Waals surface area (Å²) in [4.78, 5) is 12.4. The SMILES string of the molecule is CN(C)C1(N)C=CC(O)(OC(F)F)C(C=O)=C1. The number of hydrogen-bond acceptors (Lipinski definition) is 5. The molecule has 0 aromatic rings. The Morgan fingerprint density at radius 2 is 2.12 bits per heavy atom. The maximum atomic E-state index is 12.1. The molecule has 0 aromatic carbocycles. The quantitative estimate of drug-likeness (QED) is 0.410. The Labute approximate surface area is 97.1 Å². The zero-order valence-electron chi connectivity index (χ0n) is 9.43. The van der Waals surface area contributed by atoms with Gasteiger partial charge in [0.2, 0.25) is 5.79 Å². The van der Waals surface area contributed by atoms with Crippen LogP contribution in [0.1, 0.15) is 0 Å². The number of likely N-dealkylation sites (N-methyl/N-ethyl adjacent to an activating group) is 1. The monoisotopic (exact) mass is 248 g/mol. The molecule has 0 bridgehead atoms. The molecule has 0 spiro atoms. The highest BCUT2D eigenvalue weighted by Gasteiger charge is 2.40. The van der Waals surface area contributed by atoms with E-state index in [2.05, 4.69) is 4.74 Å². The molecule has 0 saturated carbocycles. The Hall–Kier alpha value is -1.15. The van der Waals surface area contributed by atoms with E-state index in [9.17, 15) is 18.7 Å². The van der Waals surface area contributed by atoms with Gasteiger partial charge in [-0.25, -0.2) is 0 Å². The highest BCUT2D eigenvalue weighted by molar-refractivity contribution is 5.78. The van der Waals surface area contributed by atoms with Crippen LogP contribution in [0.15, 0.2) is 23.8 Å². The predicted molar refractivity (Wildman–Crippen MR) is 55.9 cm³/mol. The van der Waals surface area contributed by atoms with Gasteiger partial charge in [-0.3, -0.25) is 14.4 Å². The fraction of sp³-hybridized carbons (Fsp3) is 0.500. The van der Waals surface area contributed by atoms with Crippen LogP contribution in [0, 0.1) is 0 Å². The van der Waals surface area contributed by atoms with Crippen molar-refractivity contribution >= 4 is 6.29 Å². The van der Waals surface area contributed by atoms with Gasteiger partial charge in [0.05, 0.1) is 5.57 Å². The number of nitrogens with two attached hydrogens (primary N) is 1. The molecule has 96 valence electrons. The predicted octanol–water partition coefficient (Wildman–Crippen LogP) is -0.174. The molecule has 2 atom stereocenters. The number of hydrogen-bond donors (Lipinski definition) is 2. The first-order valence-corrected chi connectivity index (χ1v) is 4.77. The number of carbonyl (C=O) groups excluding carboxylic acids is 1. The third kappa shape index (κ3) is 2.75. The molecule has 1 aliphatic carbocycles. The molecule has 7 heteroatoms. The Morgan fingerprint density at radius 3 is 2.53 bits per heavy atom. The van der Waals surface area contributed by atoms with E-state index in [1.54, 1.807) is 19.0 Å². The molecule has 0 radical (unpaired) electrons. The van der Waals surface area contributed by atoms with Gasteiger partial charge in [0.15, 0.2) is 6.29 Å². The largest absolute Gasteiger partial charge is 0.358 e. The van der Waals surface area contributed by atoms with Gasteiger partial charge in [0.1, 0.15) is 5.66 Å². The van der Waals surface area contributed by atoms with E-state index >= 15 is 0 Å². The van der Waals surface area contributed by atoms with Crippen LogP contribution in [0.5, 0.6) is 0 Å². The summed E-state index contributed by atoms with van der Waals surface area (Å²) in [6, 6.07) is 0. The van der Waals surface area contributed by atoms with E-state index in [1.807, 2.05) is 0 Å². The number of halogens is 2. The van der Waals surface area contributed by atoms with Crippen LogP contribution in [-0.4, -0.2) is 48.4 Å². The minimum Gasteiger partial charge on any atom is -0.358 e. The van der Waals surface area contributed by atoms with Gasteiger partial charge in [0.25, 0.3) is 0 Å². The van der Waals surface area contributed by atoms with Gasteiger partial charge in [-0.2, -0.15) is 8.78 Å². The molecule has 0 fully saturated rings. The van der Waals surface area contributed by atoms with Gasteiger partial charge in [-0.15, -0.1) is 0 Å². The summed E-state index contributed by atoms with van der Waals surface area (Å²) in [6.45, 7) is -3.21. The van der Waals surface area contributed by atoms with Crippen molar-refractivity contribution in [2.24, 2.45) is 5.73 Å². The molecule has 2 unspecified atom stereocenters. The van der Waals surface area contributed by atoms with E-state index in [4.69, 9.17) is 5.73 Å². The second kappa shape index (κ2) is 4.61. The topological polar surface area (TPSA) is 75.8 Å². The van der Waals surface area contributed by atoms with Crippen molar-refractivity contribution in [1.82, 2.24) is 4.90 Å². The first-order valence-electron chi connectivity index (χ1n) is 4.77. The number of nitrogens with zero attached hydrogens (tertiary/aromatic N) is 1. The lowest BCUT2D eigenvalue weighted by atomic mass is 9.93. The van der Waals surface area contributed by atoms with Crippen LogP contribution in [0.3, 0.4) is 0 Å². The summed E-state index contributed by atoms with van der Waals surface area (Å²) in [5, 5.41) is 9.75. The molecular formula is C10H14F2N2O3. The summed E-state index contributed by atoms with van der Waals surface area (Å²) in [5.41, 5.74) is 4.37. The van der Waals surface area contributed by atoms with Crippen LogP contribution in [0.4, 0.5) is 8.78 Å². The fourth-order valence-corrected chi connectivity index (χ4v) is 1.38. The average Bonchev–Trinajstić information content (AvgIpc) is 2.21. The Kier molecular flexibility index (Phi) is 3.78. The van der Waals surface area contributed by atoms with Gasteiger partial charge >= 0.3 is 6.61 Å². The second-order valence-electron chi connectivity index (χ2n) is 3.91. The van der Waals surface area contributed by atoms with E-state index in [-0.39, 0.29) is 11.9 Å². The normalized spacial score (nSPS) is 33.1. The second-order valence-corrected chi connectivity index (χ2v) is 3.91. The third-order valence-corrected chi connectivity index (χ3v) is 2.55. The minimum absolute atomic E-state index is 0.233. The van der Waals surface area contributed by atoms with E-state index in [0.717, 1.165) is 6.08 Å². The highest BCUT2D eigenvalue weighted by Crippen LogP contribution is 2.29. The van der Waals surface area contributed by atoms with Crippen molar-refractivity contribution in [3.8, 4) is 0 Å². The van der Waals surface area contributed by atoms with Crippen molar-refractivity contribution in [3.63, 3.8) is 0 Å². The van der Waals surface area contributed by atoms with Crippen LogP contribution in [0.25, 0.3) is 0 Å². The molecule has 3 N–H and O–H groups in total. The van der Waals surface area contributed by atoms with E-state index in [1.165, 1.54) is 12.2 Å². The molecule has 0 heterocycles. The summed E-state index contributed by atoms with van der Waals surface area (Å²) < 4.78 is 28.3. The van der Waals surface area contributed by atoms with Gasteiger partial charge < -0.3 is 10.8 Å². The lowest BCUT2D eigenvalue weighted by Gasteiger charge is -2.37. The molecule has 1 rings (SSSR count). The molecular weight excluding hydrogens is 234 g/mol. The van der Waals surface area contributed by atoms with Crippen LogP contribution < -0.4 is 5.73 Å². The van der Waals surface area contributed by atoms with Crippen LogP contribution in [-0.2, 0) is 9.53 Å². The summed E-state index contributed by atoms with van der Waals surface area (Å²) in [7, 11) is 3.28. The van der Waals surface area contributed by atoms with Crippen molar-refractivity contribution in [2.75, 3.05) is 14.1 Å². The number of ether oxygens (including phenoxy) is 1. The lowest BCUT2D eigenvalue weighted by Crippen LogP contribution is -2.53. The van der Waals surface area contributed by atoms with Gasteiger partial charge in [-0.05, 0) is 32.3 Å².